The normalized spacial score (nSPS) is 16.8. The van der Waals surface area contributed by atoms with Gasteiger partial charge in [0.25, 0.3) is 0 Å². The van der Waals surface area contributed by atoms with E-state index in [-0.39, 0.29) is 49.4 Å². The lowest BCUT2D eigenvalue weighted by Gasteiger charge is -2.32. The number of aliphatic hydroxyl groups excluding tert-OH is 1. The highest BCUT2D eigenvalue weighted by atomic mass is 16.5. The van der Waals surface area contributed by atoms with E-state index in [4.69, 9.17) is 4.74 Å². The van der Waals surface area contributed by atoms with Crippen LogP contribution in [0.3, 0.4) is 0 Å². The van der Waals surface area contributed by atoms with Crippen molar-refractivity contribution in [3.8, 4) is 0 Å². The molecule has 7 heteroatoms. The standard InChI is InChI=1S/C29H42N2O5/c1-4-6-15-25(18-23-13-8-7-9-14-23)28(35)36-21-29(16-10-11-17-29)31-27(34)24(12-5-2)19-26(33)30-22(3)20-32/h4-5,7-9,13-14,22,24-25,32H,1-2,6,10-12,15-21H2,3H3,(H,30,33)(H,31,34)/t22-,24+,25-/m1/s1. The van der Waals surface area contributed by atoms with Crippen molar-refractivity contribution >= 4 is 17.8 Å². The van der Waals surface area contributed by atoms with Crippen molar-refractivity contribution in [2.24, 2.45) is 11.8 Å². The van der Waals surface area contributed by atoms with Gasteiger partial charge in [-0.3, -0.25) is 14.4 Å². The molecule has 1 aliphatic rings. The maximum atomic E-state index is 13.2. The second-order valence-electron chi connectivity index (χ2n) is 9.91. The summed E-state index contributed by atoms with van der Waals surface area (Å²) in [4.78, 5) is 38.6. The molecule has 0 spiro atoms. The van der Waals surface area contributed by atoms with E-state index in [0.717, 1.165) is 31.2 Å². The summed E-state index contributed by atoms with van der Waals surface area (Å²) in [5, 5.41) is 15.0. The molecule has 2 amide bonds. The van der Waals surface area contributed by atoms with Gasteiger partial charge >= 0.3 is 5.97 Å². The Balaban J connectivity index is 2.03. The predicted octanol–water partition coefficient (Wildman–Crippen LogP) is 3.86. The predicted molar refractivity (Wildman–Crippen MR) is 141 cm³/mol. The molecule has 36 heavy (non-hydrogen) atoms. The molecular weight excluding hydrogens is 456 g/mol. The number of aliphatic hydroxyl groups is 1. The Morgan fingerprint density at radius 3 is 2.42 bits per heavy atom. The average Bonchev–Trinajstić information content (AvgIpc) is 3.33. The van der Waals surface area contributed by atoms with Gasteiger partial charge in [0.15, 0.2) is 0 Å². The summed E-state index contributed by atoms with van der Waals surface area (Å²) in [7, 11) is 0. The minimum Gasteiger partial charge on any atom is -0.463 e. The smallest absolute Gasteiger partial charge is 0.309 e. The van der Waals surface area contributed by atoms with Crippen LogP contribution in [0, 0.1) is 11.8 Å². The zero-order chi connectivity index (χ0) is 26.4. The lowest BCUT2D eigenvalue weighted by Crippen LogP contribution is -2.52. The second-order valence-corrected chi connectivity index (χ2v) is 9.91. The highest BCUT2D eigenvalue weighted by molar-refractivity contribution is 5.86. The van der Waals surface area contributed by atoms with Gasteiger partial charge in [-0.15, -0.1) is 13.2 Å². The summed E-state index contributed by atoms with van der Waals surface area (Å²) in [6.07, 6.45) is 9.05. The zero-order valence-electron chi connectivity index (χ0n) is 21.5. The maximum absolute atomic E-state index is 13.2. The molecule has 0 bridgehead atoms. The summed E-state index contributed by atoms with van der Waals surface area (Å²) in [5.74, 6) is -1.67. The minimum absolute atomic E-state index is 0.00123. The molecule has 2 rings (SSSR count). The molecule has 7 nitrogen and oxygen atoms in total. The highest BCUT2D eigenvalue weighted by Crippen LogP contribution is 2.31. The first-order valence-corrected chi connectivity index (χ1v) is 13.0. The van der Waals surface area contributed by atoms with Crippen molar-refractivity contribution in [2.45, 2.75) is 76.3 Å². The van der Waals surface area contributed by atoms with E-state index in [1.807, 2.05) is 30.3 Å². The van der Waals surface area contributed by atoms with Crippen LogP contribution in [0.5, 0.6) is 0 Å². The minimum atomic E-state index is -0.628. The highest BCUT2D eigenvalue weighted by Gasteiger charge is 2.39. The first-order chi connectivity index (χ1) is 17.3. The van der Waals surface area contributed by atoms with Crippen LogP contribution in [-0.4, -0.2) is 47.7 Å². The fourth-order valence-corrected chi connectivity index (χ4v) is 4.66. The third kappa shape index (κ3) is 9.61. The van der Waals surface area contributed by atoms with Crippen LogP contribution in [0.25, 0.3) is 0 Å². The SMILES string of the molecule is C=CCC[C@H](Cc1ccccc1)C(=O)OCC1(NC(=O)[C@@H](CC=C)CC(=O)N[C@H](C)CO)CCCC1. The van der Waals surface area contributed by atoms with Gasteiger partial charge in [-0.1, -0.05) is 55.3 Å². The van der Waals surface area contributed by atoms with Crippen LogP contribution in [0.4, 0.5) is 0 Å². The second kappa shape index (κ2) is 15.2. The summed E-state index contributed by atoms with van der Waals surface area (Å²) in [5.41, 5.74) is 0.449. The average molecular weight is 499 g/mol. The number of hydrogen-bond acceptors (Lipinski definition) is 5. The number of hydrogen-bond donors (Lipinski definition) is 3. The fraction of sp³-hybridized carbons (Fsp3) is 0.552. The quantitative estimate of drug-likeness (QED) is 0.237. The van der Waals surface area contributed by atoms with E-state index < -0.39 is 11.5 Å². The Hall–Kier alpha value is -2.93. The Kier molecular flexibility index (Phi) is 12.4. The van der Waals surface area contributed by atoms with E-state index in [0.29, 0.717) is 25.7 Å². The van der Waals surface area contributed by atoms with Gasteiger partial charge in [-0.2, -0.15) is 0 Å². The number of allylic oxidation sites excluding steroid dienone is 2. The molecule has 0 unspecified atom stereocenters. The molecule has 198 valence electrons. The van der Waals surface area contributed by atoms with E-state index in [1.54, 1.807) is 19.1 Å². The van der Waals surface area contributed by atoms with E-state index in [1.165, 1.54) is 0 Å². The van der Waals surface area contributed by atoms with E-state index in [2.05, 4.69) is 23.8 Å². The van der Waals surface area contributed by atoms with Crippen LogP contribution in [-0.2, 0) is 25.5 Å². The van der Waals surface area contributed by atoms with Crippen molar-refractivity contribution in [3.05, 3.63) is 61.2 Å². The molecule has 1 aromatic carbocycles. The van der Waals surface area contributed by atoms with Gasteiger partial charge < -0.3 is 20.5 Å². The molecule has 0 aromatic heterocycles. The van der Waals surface area contributed by atoms with Crippen molar-refractivity contribution in [2.75, 3.05) is 13.2 Å². The number of esters is 1. The Bertz CT molecular complexity index is 864. The van der Waals surface area contributed by atoms with Gasteiger partial charge in [0.2, 0.25) is 11.8 Å². The fourth-order valence-electron chi connectivity index (χ4n) is 4.66. The summed E-state index contributed by atoms with van der Waals surface area (Å²) in [6, 6.07) is 9.49. The number of ether oxygens (including phenoxy) is 1. The summed E-state index contributed by atoms with van der Waals surface area (Å²) >= 11 is 0. The van der Waals surface area contributed by atoms with Gasteiger partial charge in [-0.25, -0.2) is 0 Å². The zero-order valence-corrected chi connectivity index (χ0v) is 21.5. The molecular formula is C29H42N2O5. The van der Waals surface area contributed by atoms with Gasteiger partial charge in [-0.05, 0) is 51.0 Å². The first kappa shape index (κ1) is 29.3. The molecule has 1 saturated carbocycles. The van der Waals surface area contributed by atoms with Gasteiger partial charge in [0.1, 0.15) is 6.61 Å². The molecule has 3 N–H and O–H groups in total. The molecule has 1 fully saturated rings. The third-order valence-corrected chi connectivity index (χ3v) is 6.75. The maximum Gasteiger partial charge on any atom is 0.309 e. The molecule has 0 heterocycles. The van der Waals surface area contributed by atoms with Crippen LogP contribution in [0.1, 0.15) is 63.9 Å². The van der Waals surface area contributed by atoms with Crippen molar-refractivity contribution in [3.63, 3.8) is 0 Å². The molecule has 0 aliphatic heterocycles. The lowest BCUT2D eigenvalue weighted by atomic mass is 9.93. The van der Waals surface area contributed by atoms with Crippen LogP contribution >= 0.6 is 0 Å². The molecule has 1 aliphatic carbocycles. The van der Waals surface area contributed by atoms with Crippen LogP contribution < -0.4 is 10.6 Å². The van der Waals surface area contributed by atoms with Gasteiger partial charge in [0, 0.05) is 12.5 Å². The summed E-state index contributed by atoms with van der Waals surface area (Å²) in [6.45, 7) is 9.15. The van der Waals surface area contributed by atoms with Crippen molar-refractivity contribution < 1.29 is 24.2 Å². The van der Waals surface area contributed by atoms with Gasteiger partial charge in [0.05, 0.1) is 24.0 Å². The number of amides is 2. The Morgan fingerprint density at radius 1 is 1.11 bits per heavy atom. The number of carbonyl (C=O) groups is 3. The van der Waals surface area contributed by atoms with Crippen LogP contribution in [0.15, 0.2) is 55.6 Å². The van der Waals surface area contributed by atoms with Crippen molar-refractivity contribution in [1.82, 2.24) is 10.6 Å². The van der Waals surface area contributed by atoms with Crippen LogP contribution in [0.2, 0.25) is 0 Å². The number of carbonyl (C=O) groups excluding carboxylic acids is 3. The number of benzene rings is 1. The van der Waals surface area contributed by atoms with E-state index in [9.17, 15) is 19.5 Å². The Labute approximate surface area is 215 Å². The topological polar surface area (TPSA) is 105 Å². The third-order valence-electron chi connectivity index (χ3n) is 6.75. The largest absolute Gasteiger partial charge is 0.463 e. The van der Waals surface area contributed by atoms with E-state index >= 15 is 0 Å². The summed E-state index contributed by atoms with van der Waals surface area (Å²) < 4.78 is 5.83. The molecule has 3 atom stereocenters. The Morgan fingerprint density at radius 2 is 1.81 bits per heavy atom. The first-order valence-electron chi connectivity index (χ1n) is 13.0. The number of rotatable bonds is 16. The molecule has 1 aromatic rings. The molecule has 0 saturated heterocycles. The molecule has 0 radical (unpaired) electrons. The number of nitrogens with one attached hydrogen (secondary N) is 2. The lowest BCUT2D eigenvalue weighted by molar-refractivity contribution is -0.152. The van der Waals surface area contributed by atoms with Crippen molar-refractivity contribution in [1.29, 1.82) is 0 Å². The monoisotopic (exact) mass is 498 g/mol.